The Kier molecular flexibility index (Phi) is 5.29. The van der Waals surface area contributed by atoms with E-state index in [2.05, 4.69) is 10.2 Å². The van der Waals surface area contributed by atoms with E-state index in [0.717, 1.165) is 12.8 Å². The molecule has 36 heavy (non-hydrogen) atoms. The number of nitrogens with zero attached hydrogens (tertiary/aromatic N) is 5. The van der Waals surface area contributed by atoms with E-state index in [4.69, 9.17) is 4.98 Å². The van der Waals surface area contributed by atoms with Crippen molar-refractivity contribution in [3.63, 3.8) is 0 Å². The summed E-state index contributed by atoms with van der Waals surface area (Å²) in [5.41, 5.74) is 1.33. The van der Waals surface area contributed by atoms with Crippen LogP contribution in [0.3, 0.4) is 0 Å². The number of aliphatic hydroxyl groups excluding tert-OH is 2. The molecule has 11 heteroatoms. The fourth-order valence-corrected chi connectivity index (χ4v) is 5.24. The van der Waals surface area contributed by atoms with Crippen LogP contribution >= 0.6 is 0 Å². The third-order valence-electron chi connectivity index (χ3n) is 7.32. The van der Waals surface area contributed by atoms with Gasteiger partial charge in [0.2, 0.25) is 0 Å². The second-order valence-electron chi connectivity index (χ2n) is 9.76. The minimum absolute atomic E-state index is 0.00548. The zero-order valence-electron chi connectivity index (χ0n) is 19.1. The van der Waals surface area contributed by atoms with Gasteiger partial charge in [-0.3, -0.25) is 9.30 Å². The molecule has 1 saturated heterocycles. The highest BCUT2D eigenvalue weighted by atomic mass is 19.4. The van der Waals surface area contributed by atoms with Crippen molar-refractivity contribution < 1.29 is 27.8 Å². The number of rotatable bonds is 5. The number of β-amino-alcohol motifs (C(OH)–C–C–N with tert-alkyl or cyclic N) is 1. The van der Waals surface area contributed by atoms with E-state index in [1.54, 1.807) is 12.1 Å². The molecule has 3 aromatic heterocycles. The highest BCUT2D eigenvalue weighted by Gasteiger charge is 2.47. The summed E-state index contributed by atoms with van der Waals surface area (Å²) >= 11 is 0. The zero-order chi connectivity index (χ0) is 25.2. The van der Waals surface area contributed by atoms with Crippen molar-refractivity contribution in [2.75, 3.05) is 19.7 Å². The van der Waals surface area contributed by atoms with Crippen LogP contribution in [-0.2, 0) is 5.41 Å². The Bertz CT molecular complexity index is 1470. The zero-order valence-corrected chi connectivity index (χ0v) is 19.1. The third-order valence-corrected chi connectivity index (χ3v) is 7.32. The Hall–Kier alpha value is -3.15. The van der Waals surface area contributed by atoms with Crippen molar-refractivity contribution in [1.82, 2.24) is 24.5 Å². The Morgan fingerprint density at radius 1 is 1.11 bits per heavy atom. The Morgan fingerprint density at radius 3 is 2.58 bits per heavy atom. The van der Waals surface area contributed by atoms with Crippen LogP contribution in [0.2, 0.25) is 0 Å². The lowest BCUT2D eigenvalue weighted by atomic mass is 9.94. The topological polar surface area (TPSA) is 86.8 Å². The fraction of sp³-hybridized carbons (Fsp3) is 0.400. The van der Waals surface area contributed by atoms with Gasteiger partial charge in [0.05, 0.1) is 18.2 Å². The molecular formula is C25H23F4N5O2. The Labute approximate surface area is 203 Å². The summed E-state index contributed by atoms with van der Waals surface area (Å²) in [4.78, 5) is 5.94. The van der Waals surface area contributed by atoms with Crippen LogP contribution in [0, 0.1) is 5.82 Å². The number of aromatic nitrogens is 4. The summed E-state index contributed by atoms with van der Waals surface area (Å²) in [5, 5.41) is 28.6. The molecule has 1 aliphatic carbocycles. The molecule has 0 spiro atoms. The molecule has 2 N–H and O–H groups in total. The molecule has 1 unspecified atom stereocenters. The maximum atomic E-state index is 14.3. The molecule has 2 aliphatic rings. The van der Waals surface area contributed by atoms with Crippen LogP contribution in [0.5, 0.6) is 0 Å². The molecule has 7 nitrogen and oxygen atoms in total. The number of hydrogen-bond donors (Lipinski definition) is 2. The molecule has 0 radical (unpaired) electrons. The lowest BCUT2D eigenvalue weighted by molar-refractivity contribution is -0.184. The summed E-state index contributed by atoms with van der Waals surface area (Å²) in [5.74, 6) is -0.171. The number of fused-ring (bicyclic) bond motifs is 2. The average Bonchev–Trinajstić information content (AvgIpc) is 3.35. The highest BCUT2D eigenvalue weighted by Crippen LogP contribution is 2.50. The molecule has 1 aromatic carbocycles. The number of alkyl halides is 3. The van der Waals surface area contributed by atoms with Crippen LogP contribution in [0.15, 0.2) is 42.6 Å². The maximum absolute atomic E-state index is 14.3. The number of likely N-dealkylation sites (tertiary alicyclic amines) is 1. The maximum Gasteiger partial charge on any atom is 0.408 e. The number of halogens is 4. The second-order valence-corrected chi connectivity index (χ2v) is 9.76. The van der Waals surface area contributed by atoms with E-state index in [1.807, 2.05) is 0 Å². The van der Waals surface area contributed by atoms with Crippen molar-refractivity contribution in [2.24, 2.45) is 0 Å². The molecule has 2 fully saturated rings. The van der Waals surface area contributed by atoms with E-state index < -0.39 is 29.6 Å². The number of hydrogen-bond acceptors (Lipinski definition) is 6. The summed E-state index contributed by atoms with van der Waals surface area (Å²) in [7, 11) is 0. The van der Waals surface area contributed by atoms with Gasteiger partial charge in [0, 0.05) is 30.1 Å². The fourth-order valence-electron chi connectivity index (χ4n) is 5.24. The Morgan fingerprint density at radius 2 is 1.92 bits per heavy atom. The molecule has 188 valence electrons. The van der Waals surface area contributed by atoms with Gasteiger partial charge < -0.3 is 10.2 Å². The summed E-state index contributed by atoms with van der Waals surface area (Å²) in [6.07, 6.45) is -2.26. The molecule has 2 atom stereocenters. The number of pyridine rings is 2. The molecule has 6 rings (SSSR count). The number of aliphatic hydroxyl groups is 2. The van der Waals surface area contributed by atoms with Gasteiger partial charge in [0.25, 0.3) is 0 Å². The molecular weight excluding hydrogens is 478 g/mol. The number of benzene rings is 1. The van der Waals surface area contributed by atoms with Gasteiger partial charge in [0.15, 0.2) is 11.5 Å². The monoisotopic (exact) mass is 501 g/mol. The van der Waals surface area contributed by atoms with E-state index in [9.17, 15) is 27.8 Å². The lowest BCUT2D eigenvalue weighted by Crippen LogP contribution is -2.37. The molecule has 0 amide bonds. The predicted molar refractivity (Wildman–Crippen MR) is 123 cm³/mol. The predicted octanol–water partition coefficient (Wildman–Crippen LogP) is 3.78. The van der Waals surface area contributed by atoms with Crippen molar-refractivity contribution >= 4 is 16.6 Å². The largest absolute Gasteiger partial charge is 0.408 e. The molecule has 4 aromatic rings. The quantitative estimate of drug-likeness (QED) is 0.405. The van der Waals surface area contributed by atoms with E-state index in [1.165, 1.54) is 39.8 Å². The summed E-state index contributed by atoms with van der Waals surface area (Å²) in [6, 6.07) is 7.04. The van der Waals surface area contributed by atoms with E-state index in [-0.39, 0.29) is 37.5 Å². The molecule has 1 aliphatic heterocycles. The van der Waals surface area contributed by atoms with Crippen LogP contribution in [0.25, 0.3) is 28.1 Å². The average molecular weight is 501 g/mol. The van der Waals surface area contributed by atoms with Gasteiger partial charge in [-0.05, 0) is 54.7 Å². The lowest BCUT2D eigenvalue weighted by Gasteiger charge is -2.29. The molecule has 0 bridgehead atoms. The van der Waals surface area contributed by atoms with Crippen LogP contribution < -0.4 is 0 Å². The van der Waals surface area contributed by atoms with Crippen LogP contribution in [-0.4, -0.2) is 66.7 Å². The first-order chi connectivity index (χ1) is 17.2. The van der Waals surface area contributed by atoms with E-state index in [0.29, 0.717) is 27.8 Å². The summed E-state index contributed by atoms with van der Waals surface area (Å²) < 4.78 is 58.1. The third kappa shape index (κ3) is 3.82. The van der Waals surface area contributed by atoms with Gasteiger partial charge in [0.1, 0.15) is 17.6 Å². The highest BCUT2D eigenvalue weighted by molar-refractivity contribution is 5.85. The SMILES string of the molecule is OCC1(c2cc(F)cc3ccc(-c4nnc5ccc([C@@H](N6CCC(O)C6)C(F)(F)F)cn45)nc23)CC1. The Balaban J connectivity index is 1.47. The van der Waals surface area contributed by atoms with Crippen molar-refractivity contribution in [3.05, 3.63) is 59.5 Å². The normalized spacial score (nSPS) is 20.9. The van der Waals surface area contributed by atoms with Crippen molar-refractivity contribution in [2.45, 2.75) is 43.0 Å². The first-order valence-corrected chi connectivity index (χ1v) is 11.7. The van der Waals surface area contributed by atoms with Gasteiger partial charge in [-0.2, -0.15) is 13.2 Å². The van der Waals surface area contributed by atoms with Crippen LogP contribution in [0.4, 0.5) is 17.6 Å². The minimum Gasteiger partial charge on any atom is -0.395 e. The minimum atomic E-state index is -4.55. The van der Waals surface area contributed by atoms with E-state index >= 15 is 0 Å². The summed E-state index contributed by atoms with van der Waals surface area (Å²) in [6.45, 7) is -0.0509. The van der Waals surface area contributed by atoms with Gasteiger partial charge in [-0.1, -0.05) is 12.1 Å². The van der Waals surface area contributed by atoms with Gasteiger partial charge >= 0.3 is 6.18 Å². The van der Waals surface area contributed by atoms with Crippen molar-refractivity contribution in [1.29, 1.82) is 0 Å². The standard InChI is InChI=1S/C25H23F4N5O2/c26-16-9-14-1-3-19(30-21(14)18(10-16)24(13-35)6-7-24)23-32-31-20-4-2-15(11-34(20)23)22(25(27,28)29)33-8-5-17(36)12-33/h1-4,9-11,17,22,35-36H,5-8,12-13H2/t17?,22-/m1/s1. The molecule has 4 heterocycles. The molecule has 1 saturated carbocycles. The van der Waals surface area contributed by atoms with Crippen LogP contribution in [0.1, 0.15) is 36.4 Å². The smallest absolute Gasteiger partial charge is 0.395 e. The van der Waals surface area contributed by atoms with Gasteiger partial charge in [-0.15, -0.1) is 10.2 Å². The van der Waals surface area contributed by atoms with Gasteiger partial charge in [-0.25, -0.2) is 9.37 Å². The second kappa shape index (κ2) is 8.19. The van der Waals surface area contributed by atoms with Crippen molar-refractivity contribution in [3.8, 4) is 11.5 Å². The first-order valence-electron chi connectivity index (χ1n) is 11.7. The first kappa shape index (κ1) is 23.3.